The predicted octanol–water partition coefficient (Wildman–Crippen LogP) is 1.90. The van der Waals surface area contributed by atoms with Gasteiger partial charge in [-0.15, -0.1) is 0 Å². The molecule has 2 aliphatic carbocycles. The van der Waals surface area contributed by atoms with Gasteiger partial charge in [-0.1, -0.05) is 12.2 Å². The fraction of sp³-hybridized carbons (Fsp3) is 0.300. The molecule has 1 N–H and O–H groups in total. The number of benzene rings is 1. The van der Waals surface area contributed by atoms with E-state index in [-0.39, 0.29) is 46.3 Å². The molecule has 1 aliphatic heterocycles. The molecule has 1 aromatic heterocycles. The second-order valence-corrected chi connectivity index (χ2v) is 9.32. The molecule has 1 saturated carbocycles. The molecule has 9 heteroatoms. The van der Waals surface area contributed by atoms with Gasteiger partial charge in [-0.25, -0.2) is 23.1 Å². The Labute approximate surface area is 167 Å². The largest absolute Gasteiger partial charge is 0.274 e. The van der Waals surface area contributed by atoms with E-state index in [9.17, 15) is 18.0 Å². The number of imide groups is 1. The monoisotopic (exact) mass is 410 g/mol. The van der Waals surface area contributed by atoms with Crippen molar-refractivity contribution in [1.29, 1.82) is 0 Å². The highest BCUT2D eigenvalue weighted by molar-refractivity contribution is 7.92. The van der Waals surface area contributed by atoms with Crippen LogP contribution in [0.5, 0.6) is 0 Å². The van der Waals surface area contributed by atoms with Crippen molar-refractivity contribution in [1.82, 2.24) is 9.97 Å². The van der Waals surface area contributed by atoms with Crippen LogP contribution in [0.4, 0.5) is 11.6 Å². The number of nitrogens with zero attached hydrogens (tertiary/aromatic N) is 3. The Morgan fingerprint density at radius 1 is 1.00 bits per heavy atom. The zero-order valence-electron chi connectivity index (χ0n) is 15.5. The van der Waals surface area contributed by atoms with E-state index in [0.29, 0.717) is 11.4 Å². The van der Waals surface area contributed by atoms with E-state index < -0.39 is 10.0 Å². The van der Waals surface area contributed by atoms with Crippen LogP contribution in [0, 0.1) is 30.6 Å². The standard InChI is InChI=1S/C20H18N4O4S/c1-11-8-9-21-20(22-11)23-29(27,28)15-6-4-14(5-7-15)24-18(25)16-12-2-3-13(10-12)17(16)19(24)26/h2-9,12-13,16-17H,10H2,1H3,(H,21,22,23)/t12-,13-,16-,17+/m0/s1. The number of amides is 2. The summed E-state index contributed by atoms with van der Waals surface area (Å²) in [4.78, 5) is 34.9. The van der Waals surface area contributed by atoms with Crippen molar-refractivity contribution < 1.29 is 18.0 Å². The average molecular weight is 410 g/mol. The van der Waals surface area contributed by atoms with E-state index in [1.54, 1.807) is 13.0 Å². The van der Waals surface area contributed by atoms with Crippen LogP contribution in [0.25, 0.3) is 0 Å². The third-order valence-electron chi connectivity index (χ3n) is 5.90. The van der Waals surface area contributed by atoms with Crippen molar-refractivity contribution >= 4 is 33.5 Å². The van der Waals surface area contributed by atoms with Crippen LogP contribution in [0.3, 0.4) is 0 Å². The molecule has 148 valence electrons. The molecule has 2 amide bonds. The highest BCUT2D eigenvalue weighted by Gasteiger charge is 2.59. The molecule has 3 aliphatic rings. The maximum absolute atomic E-state index is 12.9. The highest BCUT2D eigenvalue weighted by Crippen LogP contribution is 2.53. The van der Waals surface area contributed by atoms with Crippen molar-refractivity contribution in [3.05, 3.63) is 54.4 Å². The molecule has 1 aromatic carbocycles. The molecule has 2 aromatic rings. The molecular weight excluding hydrogens is 392 g/mol. The normalized spacial score (nSPS) is 27.6. The zero-order chi connectivity index (χ0) is 20.3. The number of aromatic nitrogens is 2. The molecule has 2 heterocycles. The van der Waals surface area contributed by atoms with E-state index in [1.165, 1.54) is 35.4 Å². The minimum atomic E-state index is -3.89. The Kier molecular flexibility index (Phi) is 3.86. The maximum atomic E-state index is 12.9. The number of aryl methyl sites for hydroxylation is 1. The lowest BCUT2D eigenvalue weighted by Gasteiger charge is -2.17. The number of fused-ring (bicyclic) bond motifs is 5. The van der Waals surface area contributed by atoms with Gasteiger partial charge in [0.05, 0.1) is 22.4 Å². The Bertz CT molecular complexity index is 1130. The minimum Gasteiger partial charge on any atom is -0.274 e. The Balaban J connectivity index is 1.39. The molecule has 5 rings (SSSR count). The summed E-state index contributed by atoms with van der Waals surface area (Å²) in [5.41, 5.74) is 1.02. The number of hydrogen-bond acceptors (Lipinski definition) is 6. The van der Waals surface area contributed by atoms with Gasteiger partial charge in [0.25, 0.3) is 10.0 Å². The van der Waals surface area contributed by atoms with Crippen LogP contribution in [-0.2, 0) is 19.6 Å². The summed E-state index contributed by atoms with van der Waals surface area (Å²) < 4.78 is 27.5. The van der Waals surface area contributed by atoms with E-state index in [2.05, 4.69) is 14.7 Å². The zero-order valence-corrected chi connectivity index (χ0v) is 16.3. The van der Waals surface area contributed by atoms with Crippen molar-refractivity contribution in [2.75, 3.05) is 9.62 Å². The summed E-state index contributed by atoms with van der Waals surface area (Å²) in [6, 6.07) is 7.37. The first-order chi connectivity index (χ1) is 13.8. The van der Waals surface area contributed by atoms with Crippen LogP contribution in [0.2, 0.25) is 0 Å². The van der Waals surface area contributed by atoms with Crippen molar-refractivity contribution in [2.45, 2.75) is 18.2 Å². The Hall–Kier alpha value is -3.07. The van der Waals surface area contributed by atoms with Crippen molar-refractivity contribution in [3.8, 4) is 0 Å². The highest BCUT2D eigenvalue weighted by atomic mass is 32.2. The molecule has 2 bridgehead atoms. The van der Waals surface area contributed by atoms with Gasteiger partial charge in [-0.2, -0.15) is 0 Å². The Morgan fingerprint density at radius 3 is 2.21 bits per heavy atom. The summed E-state index contributed by atoms with van der Waals surface area (Å²) in [5.74, 6) is -0.733. The molecule has 0 radical (unpaired) electrons. The van der Waals surface area contributed by atoms with E-state index in [0.717, 1.165) is 6.42 Å². The molecule has 0 unspecified atom stereocenters. The number of anilines is 2. The minimum absolute atomic E-state index is 0.00705. The van der Waals surface area contributed by atoms with Crippen molar-refractivity contribution in [2.24, 2.45) is 23.7 Å². The predicted molar refractivity (Wildman–Crippen MR) is 104 cm³/mol. The van der Waals surface area contributed by atoms with E-state index in [4.69, 9.17) is 0 Å². The first-order valence-electron chi connectivity index (χ1n) is 9.34. The molecule has 1 saturated heterocycles. The third kappa shape index (κ3) is 2.76. The number of allylic oxidation sites excluding steroid dienone is 2. The second-order valence-electron chi connectivity index (χ2n) is 7.63. The number of carbonyl (C=O) groups excluding carboxylic acids is 2. The molecule has 2 fully saturated rings. The van der Waals surface area contributed by atoms with E-state index in [1.807, 2.05) is 12.2 Å². The van der Waals surface area contributed by atoms with Crippen LogP contribution < -0.4 is 9.62 Å². The maximum Gasteiger partial charge on any atom is 0.264 e. The van der Waals surface area contributed by atoms with Gasteiger partial charge in [0.15, 0.2) is 0 Å². The van der Waals surface area contributed by atoms with Crippen LogP contribution in [0.1, 0.15) is 12.1 Å². The number of sulfonamides is 1. The third-order valence-corrected chi connectivity index (χ3v) is 7.24. The van der Waals surface area contributed by atoms with E-state index >= 15 is 0 Å². The van der Waals surface area contributed by atoms with Gasteiger partial charge in [0.2, 0.25) is 17.8 Å². The van der Waals surface area contributed by atoms with Crippen molar-refractivity contribution in [3.63, 3.8) is 0 Å². The summed E-state index contributed by atoms with van der Waals surface area (Å²) in [6.45, 7) is 1.73. The summed E-state index contributed by atoms with van der Waals surface area (Å²) in [5, 5.41) is 0. The molecule has 8 nitrogen and oxygen atoms in total. The SMILES string of the molecule is Cc1ccnc(NS(=O)(=O)c2ccc(N3C(=O)[C@@H]4[C@H](C3=O)[C@H]3C=C[C@H]4C3)cc2)n1. The first-order valence-corrected chi connectivity index (χ1v) is 10.8. The van der Waals surface area contributed by atoms with Gasteiger partial charge in [0.1, 0.15) is 0 Å². The van der Waals surface area contributed by atoms with Gasteiger partial charge in [-0.3, -0.25) is 14.5 Å². The fourth-order valence-electron chi connectivity index (χ4n) is 4.61. The first kappa shape index (κ1) is 18.0. The average Bonchev–Trinajstić information content (AvgIpc) is 3.35. The summed E-state index contributed by atoms with van der Waals surface area (Å²) in [6.07, 6.45) is 6.40. The molecule has 4 atom stereocenters. The Morgan fingerprint density at radius 2 is 1.62 bits per heavy atom. The quantitative estimate of drug-likeness (QED) is 0.609. The lowest BCUT2D eigenvalue weighted by Crippen LogP contribution is -2.32. The lowest BCUT2D eigenvalue weighted by atomic mass is 9.85. The second kappa shape index (κ2) is 6.21. The molecule has 0 spiro atoms. The smallest absolute Gasteiger partial charge is 0.264 e. The number of nitrogens with one attached hydrogen (secondary N) is 1. The van der Waals surface area contributed by atoms with Gasteiger partial charge >= 0.3 is 0 Å². The number of carbonyl (C=O) groups is 2. The van der Waals surface area contributed by atoms with Crippen LogP contribution >= 0.6 is 0 Å². The van der Waals surface area contributed by atoms with Gasteiger partial charge in [0, 0.05) is 11.9 Å². The molecule has 29 heavy (non-hydrogen) atoms. The summed E-state index contributed by atoms with van der Waals surface area (Å²) in [7, 11) is -3.89. The van der Waals surface area contributed by atoms with Crippen LogP contribution in [0.15, 0.2) is 53.6 Å². The number of hydrogen-bond donors (Lipinski definition) is 1. The topological polar surface area (TPSA) is 109 Å². The van der Waals surface area contributed by atoms with Crippen LogP contribution in [-0.4, -0.2) is 30.2 Å². The van der Waals surface area contributed by atoms with Gasteiger partial charge < -0.3 is 0 Å². The lowest BCUT2D eigenvalue weighted by molar-refractivity contribution is -0.123. The van der Waals surface area contributed by atoms with Gasteiger partial charge in [-0.05, 0) is 55.5 Å². The summed E-state index contributed by atoms with van der Waals surface area (Å²) >= 11 is 0. The number of rotatable bonds is 4. The fourth-order valence-corrected chi connectivity index (χ4v) is 5.56. The molecular formula is C20H18N4O4S.